The molecule has 3 aliphatic heterocycles. The summed E-state index contributed by atoms with van der Waals surface area (Å²) >= 11 is 0. The van der Waals surface area contributed by atoms with E-state index in [1.165, 1.54) is 6.42 Å². The molecule has 1 spiro atoms. The van der Waals surface area contributed by atoms with E-state index in [9.17, 15) is 4.39 Å². The van der Waals surface area contributed by atoms with Gasteiger partial charge in [0.25, 0.3) is 0 Å². The fraction of sp³-hybridized carbons (Fsp3) is 0.875. The van der Waals surface area contributed by atoms with Gasteiger partial charge in [-0.2, -0.15) is 0 Å². The molecule has 0 aromatic rings. The zero-order valence-corrected chi connectivity index (χ0v) is 12.4. The predicted molar refractivity (Wildman–Crippen MR) is 71.5 cm³/mol. The topological polar surface area (TPSA) is 27.7 Å². The van der Waals surface area contributed by atoms with Gasteiger partial charge in [0.1, 0.15) is 18.0 Å². The number of allylic oxidation sites excluding steroid dienone is 1. The summed E-state index contributed by atoms with van der Waals surface area (Å²) in [7, 11) is 0. The normalized spacial score (nSPS) is 53.6. The van der Waals surface area contributed by atoms with E-state index in [1.807, 2.05) is 13.8 Å². The lowest BCUT2D eigenvalue weighted by Gasteiger charge is -2.55. The third-order valence-electron chi connectivity index (χ3n) is 6.08. The molecule has 1 unspecified atom stereocenters. The Kier molecular flexibility index (Phi) is 2.60. The molecule has 20 heavy (non-hydrogen) atoms. The summed E-state index contributed by atoms with van der Waals surface area (Å²) in [6, 6.07) is 0. The maximum Gasteiger partial charge on any atom is 0.232 e. The van der Waals surface area contributed by atoms with Crippen LogP contribution < -0.4 is 0 Å². The van der Waals surface area contributed by atoms with Crippen molar-refractivity contribution >= 4 is 0 Å². The molecule has 0 amide bonds. The molecule has 112 valence electrons. The van der Waals surface area contributed by atoms with E-state index in [0.29, 0.717) is 17.6 Å². The van der Waals surface area contributed by atoms with Gasteiger partial charge in [-0.05, 0) is 50.5 Å². The third kappa shape index (κ3) is 1.42. The van der Waals surface area contributed by atoms with E-state index < -0.39 is 18.8 Å². The number of hydrogen-bond donors (Lipinski definition) is 0. The first kappa shape index (κ1) is 13.1. The summed E-state index contributed by atoms with van der Waals surface area (Å²) in [5, 5.41) is 0. The van der Waals surface area contributed by atoms with Crippen LogP contribution >= 0.6 is 0 Å². The van der Waals surface area contributed by atoms with E-state index in [1.54, 1.807) is 0 Å². The summed E-state index contributed by atoms with van der Waals surface area (Å²) in [6.45, 7) is 5.77. The van der Waals surface area contributed by atoms with Gasteiger partial charge in [0, 0.05) is 12.3 Å². The first-order valence-corrected chi connectivity index (χ1v) is 7.80. The number of alkyl halides is 1. The number of halogens is 1. The first-order chi connectivity index (χ1) is 9.50. The monoisotopic (exact) mass is 282 g/mol. The molecule has 1 saturated carbocycles. The van der Waals surface area contributed by atoms with Crippen LogP contribution in [0.25, 0.3) is 0 Å². The zero-order valence-electron chi connectivity index (χ0n) is 12.4. The van der Waals surface area contributed by atoms with Gasteiger partial charge in [-0.3, -0.25) is 0 Å². The van der Waals surface area contributed by atoms with Crippen molar-refractivity contribution in [3.8, 4) is 0 Å². The standard InChI is InChI=1S/C16H23FO3/c1-9-4-5-12-10(2)13(8-17)18-14-16(12)11(9)6-7-15(3,19-14)20-16/h9,11-12,14H,4-8H2,1-3H3/t9-,11?,12+,14-,15+,16-/m1/s1. The van der Waals surface area contributed by atoms with Crippen LogP contribution in [0.5, 0.6) is 0 Å². The van der Waals surface area contributed by atoms with Crippen molar-refractivity contribution in [1.82, 2.24) is 0 Å². The van der Waals surface area contributed by atoms with Gasteiger partial charge >= 0.3 is 0 Å². The Morgan fingerprint density at radius 3 is 2.85 bits per heavy atom. The van der Waals surface area contributed by atoms with Crippen molar-refractivity contribution in [2.75, 3.05) is 6.67 Å². The van der Waals surface area contributed by atoms with Crippen LogP contribution in [-0.4, -0.2) is 24.4 Å². The predicted octanol–water partition coefficient (Wildman–Crippen LogP) is 3.54. The first-order valence-electron chi connectivity index (χ1n) is 7.80. The van der Waals surface area contributed by atoms with Gasteiger partial charge in [0.15, 0.2) is 5.79 Å². The van der Waals surface area contributed by atoms with Crippen molar-refractivity contribution < 1.29 is 18.6 Å². The molecule has 0 aromatic heterocycles. The van der Waals surface area contributed by atoms with Gasteiger partial charge in [0.2, 0.25) is 6.29 Å². The quantitative estimate of drug-likeness (QED) is 0.736. The number of fused-ring (bicyclic) bond motifs is 1. The molecular weight excluding hydrogens is 259 g/mol. The van der Waals surface area contributed by atoms with Crippen LogP contribution in [0.3, 0.4) is 0 Å². The molecule has 3 nitrogen and oxygen atoms in total. The molecule has 4 heteroatoms. The second-order valence-corrected chi connectivity index (χ2v) is 7.15. The maximum atomic E-state index is 13.2. The number of rotatable bonds is 1. The Hall–Kier alpha value is -0.610. The van der Waals surface area contributed by atoms with Gasteiger partial charge in [-0.15, -0.1) is 0 Å². The Labute approximate surface area is 119 Å². The van der Waals surface area contributed by atoms with Crippen molar-refractivity contribution in [2.24, 2.45) is 17.8 Å². The fourth-order valence-electron chi connectivity index (χ4n) is 5.07. The minimum Gasteiger partial charge on any atom is -0.463 e. The van der Waals surface area contributed by atoms with Gasteiger partial charge in [-0.25, -0.2) is 4.39 Å². The highest BCUT2D eigenvalue weighted by Gasteiger charge is 2.70. The zero-order chi connectivity index (χ0) is 14.1. The molecule has 4 aliphatic rings. The molecular formula is C16H23FO3. The minimum absolute atomic E-state index is 0.246. The van der Waals surface area contributed by atoms with Crippen LogP contribution in [0, 0.1) is 17.8 Å². The van der Waals surface area contributed by atoms with Crippen LogP contribution in [0.15, 0.2) is 11.3 Å². The molecule has 3 fully saturated rings. The Morgan fingerprint density at radius 2 is 2.10 bits per heavy atom. The highest BCUT2D eigenvalue weighted by molar-refractivity contribution is 5.25. The van der Waals surface area contributed by atoms with E-state index in [-0.39, 0.29) is 11.5 Å². The molecule has 0 aromatic carbocycles. The Balaban J connectivity index is 1.85. The SMILES string of the molecule is CC1=C(CF)O[C@@H]2O[C@]3(C)CCC4[C@H](C)CC[C@@H]1[C@]42O3. The van der Waals surface area contributed by atoms with Crippen molar-refractivity contribution in [2.45, 2.75) is 64.1 Å². The largest absolute Gasteiger partial charge is 0.463 e. The van der Waals surface area contributed by atoms with Crippen LogP contribution in [-0.2, 0) is 14.2 Å². The van der Waals surface area contributed by atoms with Crippen molar-refractivity contribution in [1.29, 1.82) is 0 Å². The highest BCUT2D eigenvalue weighted by Crippen LogP contribution is 2.63. The average Bonchev–Trinajstić information content (AvgIpc) is 2.63. The van der Waals surface area contributed by atoms with Crippen LogP contribution in [0.2, 0.25) is 0 Å². The lowest BCUT2D eigenvalue weighted by atomic mass is 9.58. The molecule has 0 N–H and O–H groups in total. The van der Waals surface area contributed by atoms with E-state index in [0.717, 1.165) is 24.8 Å². The molecule has 2 saturated heterocycles. The van der Waals surface area contributed by atoms with Gasteiger partial charge in [0.05, 0.1) is 0 Å². The third-order valence-corrected chi connectivity index (χ3v) is 6.08. The summed E-state index contributed by atoms with van der Waals surface area (Å²) in [5.41, 5.74) is 0.656. The van der Waals surface area contributed by atoms with Crippen LogP contribution in [0.4, 0.5) is 4.39 Å². The van der Waals surface area contributed by atoms with Gasteiger partial charge in [-0.1, -0.05) is 6.92 Å². The molecule has 6 atom stereocenters. The lowest BCUT2D eigenvalue weighted by Crippen LogP contribution is -2.62. The fourth-order valence-corrected chi connectivity index (χ4v) is 5.07. The second-order valence-electron chi connectivity index (χ2n) is 7.15. The summed E-state index contributed by atoms with van der Waals surface area (Å²) in [5.74, 6) is 1.23. The van der Waals surface area contributed by atoms with Crippen molar-refractivity contribution in [3.05, 3.63) is 11.3 Å². The molecule has 2 bridgehead atoms. The van der Waals surface area contributed by atoms with Crippen LogP contribution in [0.1, 0.15) is 46.5 Å². The molecule has 3 heterocycles. The van der Waals surface area contributed by atoms with E-state index >= 15 is 0 Å². The average molecular weight is 282 g/mol. The van der Waals surface area contributed by atoms with Crippen molar-refractivity contribution in [3.63, 3.8) is 0 Å². The van der Waals surface area contributed by atoms with E-state index in [2.05, 4.69) is 6.92 Å². The Bertz CT molecular complexity index is 476. The summed E-state index contributed by atoms with van der Waals surface area (Å²) in [4.78, 5) is 0. The summed E-state index contributed by atoms with van der Waals surface area (Å²) < 4.78 is 31.7. The van der Waals surface area contributed by atoms with Gasteiger partial charge < -0.3 is 14.2 Å². The van der Waals surface area contributed by atoms with E-state index in [4.69, 9.17) is 14.2 Å². The summed E-state index contributed by atoms with van der Waals surface area (Å²) in [6.07, 6.45) is 3.82. The molecule has 1 aliphatic carbocycles. The second kappa shape index (κ2) is 3.98. The number of hydrogen-bond acceptors (Lipinski definition) is 3. The maximum absolute atomic E-state index is 13.2. The molecule has 0 radical (unpaired) electrons. The number of ether oxygens (including phenoxy) is 3. The lowest BCUT2D eigenvalue weighted by molar-refractivity contribution is -0.243. The molecule has 4 rings (SSSR count). The highest BCUT2D eigenvalue weighted by atomic mass is 19.1. The smallest absolute Gasteiger partial charge is 0.232 e. The minimum atomic E-state index is -0.553. The Morgan fingerprint density at radius 1 is 1.30 bits per heavy atom.